The van der Waals surface area contributed by atoms with Crippen LogP contribution >= 0.6 is 0 Å². The maximum absolute atomic E-state index is 4.66. The summed E-state index contributed by atoms with van der Waals surface area (Å²) >= 11 is 0. The fraction of sp³-hybridized carbons (Fsp3) is 0.444. The Morgan fingerprint density at radius 3 is 1.82 bits per heavy atom. The van der Waals surface area contributed by atoms with Gasteiger partial charge in [-0.05, 0) is 26.7 Å². The van der Waals surface area contributed by atoms with E-state index in [1.54, 1.807) is 0 Å². The highest BCUT2D eigenvalue weighted by Gasteiger charge is 2.09. The number of aromatic nitrogens is 2. The van der Waals surface area contributed by atoms with Gasteiger partial charge in [0.1, 0.15) is 11.6 Å². The van der Waals surface area contributed by atoms with Gasteiger partial charge in [0, 0.05) is 23.7 Å². The van der Waals surface area contributed by atoms with E-state index in [-0.39, 0.29) is 0 Å². The maximum atomic E-state index is 4.66. The Bertz CT molecular complexity index is 553. The van der Waals surface area contributed by atoms with E-state index < -0.39 is 0 Å². The number of nitrogens with zero attached hydrogens (tertiary/aromatic N) is 2. The van der Waals surface area contributed by atoms with Crippen molar-refractivity contribution in [2.24, 2.45) is 0 Å². The van der Waals surface area contributed by atoms with Crippen LogP contribution in [0.15, 0.2) is 36.4 Å². The standard InChI is InChI=1S/C18H26N4/c1-5-13(3)19-16-12-17(20-14(4)6-2)22-18(21-16)15-10-8-7-9-11-15/h7-14H,5-6H2,1-4H3,(H2,19,20,21,22). The molecule has 0 radical (unpaired) electrons. The van der Waals surface area contributed by atoms with E-state index in [0.717, 1.165) is 35.9 Å². The summed E-state index contributed by atoms with van der Waals surface area (Å²) in [5, 5.41) is 6.88. The van der Waals surface area contributed by atoms with E-state index in [2.05, 4.69) is 48.3 Å². The lowest BCUT2D eigenvalue weighted by Gasteiger charge is -2.17. The molecule has 0 fully saturated rings. The summed E-state index contributed by atoms with van der Waals surface area (Å²) in [4.78, 5) is 9.32. The molecule has 0 bridgehead atoms. The third-order valence-electron chi connectivity index (χ3n) is 3.77. The van der Waals surface area contributed by atoms with Gasteiger partial charge in [0.25, 0.3) is 0 Å². The average molecular weight is 298 g/mol. The van der Waals surface area contributed by atoms with Crippen molar-refractivity contribution in [2.75, 3.05) is 10.6 Å². The molecule has 1 aromatic carbocycles. The highest BCUT2D eigenvalue weighted by atomic mass is 15.1. The first-order valence-electron chi connectivity index (χ1n) is 8.10. The summed E-state index contributed by atoms with van der Waals surface area (Å²) in [7, 11) is 0. The number of hydrogen-bond donors (Lipinski definition) is 2. The Labute approximate surface area is 133 Å². The van der Waals surface area contributed by atoms with Crippen molar-refractivity contribution in [3.8, 4) is 11.4 Å². The minimum Gasteiger partial charge on any atom is -0.367 e. The van der Waals surface area contributed by atoms with Crippen LogP contribution in [0.1, 0.15) is 40.5 Å². The molecule has 1 aromatic heterocycles. The van der Waals surface area contributed by atoms with E-state index in [4.69, 9.17) is 0 Å². The van der Waals surface area contributed by atoms with Crippen LogP contribution < -0.4 is 10.6 Å². The normalized spacial score (nSPS) is 13.5. The summed E-state index contributed by atoms with van der Waals surface area (Å²) in [6, 6.07) is 12.9. The molecule has 0 aliphatic rings. The summed E-state index contributed by atoms with van der Waals surface area (Å²) < 4.78 is 0. The zero-order chi connectivity index (χ0) is 15.9. The quantitative estimate of drug-likeness (QED) is 0.786. The van der Waals surface area contributed by atoms with E-state index in [0.29, 0.717) is 12.1 Å². The minimum atomic E-state index is 0.384. The summed E-state index contributed by atoms with van der Waals surface area (Å²) in [6.45, 7) is 8.64. The highest BCUT2D eigenvalue weighted by Crippen LogP contribution is 2.21. The molecular formula is C18H26N4. The molecule has 0 amide bonds. The van der Waals surface area contributed by atoms with Crippen molar-refractivity contribution in [1.29, 1.82) is 0 Å². The topological polar surface area (TPSA) is 49.8 Å². The van der Waals surface area contributed by atoms with Crippen molar-refractivity contribution in [3.63, 3.8) is 0 Å². The Balaban J connectivity index is 2.35. The Kier molecular flexibility index (Phi) is 5.75. The molecule has 4 nitrogen and oxygen atoms in total. The van der Waals surface area contributed by atoms with Gasteiger partial charge in [-0.3, -0.25) is 0 Å². The number of anilines is 2. The third-order valence-corrected chi connectivity index (χ3v) is 3.77. The number of rotatable bonds is 7. The van der Waals surface area contributed by atoms with E-state index >= 15 is 0 Å². The molecule has 0 spiro atoms. The molecule has 1 heterocycles. The molecule has 0 aliphatic carbocycles. The molecule has 2 unspecified atom stereocenters. The number of hydrogen-bond acceptors (Lipinski definition) is 4. The van der Waals surface area contributed by atoms with Crippen LogP contribution in [0.5, 0.6) is 0 Å². The SMILES string of the molecule is CCC(C)Nc1cc(NC(C)CC)nc(-c2ccccc2)n1. The summed E-state index contributed by atoms with van der Waals surface area (Å²) in [5.74, 6) is 2.49. The fourth-order valence-corrected chi connectivity index (χ4v) is 2.02. The molecule has 2 aromatic rings. The molecule has 118 valence electrons. The molecule has 0 aliphatic heterocycles. The number of benzene rings is 1. The zero-order valence-corrected chi connectivity index (χ0v) is 13.9. The van der Waals surface area contributed by atoms with Crippen LogP contribution in [-0.2, 0) is 0 Å². The van der Waals surface area contributed by atoms with E-state index in [1.807, 2.05) is 36.4 Å². The van der Waals surface area contributed by atoms with Gasteiger partial charge in [0.15, 0.2) is 5.82 Å². The lowest BCUT2D eigenvalue weighted by Crippen LogP contribution is -2.18. The molecular weight excluding hydrogens is 272 g/mol. The lowest BCUT2D eigenvalue weighted by atomic mass is 10.2. The van der Waals surface area contributed by atoms with Gasteiger partial charge < -0.3 is 10.6 Å². The van der Waals surface area contributed by atoms with Crippen LogP contribution in [0, 0.1) is 0 Å². The first-order valence-corrected chi connectivity index (χ1v) is 8.10. The van der Waals surface area contributed by atoms with Gasteiger partial charge in [0.05, 0.1) is 0 Å². The number of nitrogens with one attached hydrogen (secondary N) is 2. The van der Waals surface area contributed by atoms with Gasteiger partial charge >= 0.3 is 0 Å². The Morgan fingerprint density at radius 2 is 1.36 bits per heavy atom. The maximum Gasteiger partial charge on any atom is 0.163 e. The van der Waals surface area contributed by atoms with Gasteiger partial charge in [-0.1, -0.05) is 44.2 Å². The van der Waals surface area contributed by atoms with Crippen LogP contribution in [0.25, 0.3) is 11.4 Å². The Morgan fingerprint density at radius 1 is 0.864 bits per heavy atom. The van der Waals surface area contributed by atoms with Crippen molar-refractivity contribution >= 4 is 11.6 Å². The van der Waals surface area contributed by atoms with E-state index in [1.165, 1.54) is 0 Å². The van der Waals surface area contributed by atoms with Crippen molar-refractivity contribution in [2.45, 2.75) is 52.6 Å². The largest absolute Gasteiger partial charge is 0.367 e. The van der Waals surface area contributed by atoms with Gasteiger partial charge in [-0.25, -0.2) is 9.97 Å². The minimum absolute atomic E-state index is 0.384. The fourth-order valence-electron chi connectivity index (χ4n) is 2.02. The molecule has 0 saturated heterocycles. The molecule has 2 atom stereocenters. The van der Waals surface area contributed by atoms with Crippen LogP contribution in [0.4, 0.5) is 11.6 Å². The van der Waals surface area contributed by atoms with Gasteiger partial charge in [-0.2, -0.15) is 0 Å². The van der Waals surface area contributed by atoms with Crippen LogP contribution in [0.2, 0.25) is 0 Å². The Hall–Kier alpha value is -2.10. The predicted molar refractivity (Wildman–Crippen MR) is 94.2 cm³/mol. The molecule has 2 N–H and O–H groups in total. The monoisotopic (exact) mass is 298 g/mol. The summed E-state index contributed by atoms with van der Waals surface area (Å²) in [6.07, 6.45) is 2.11. The molecule has 22 heavy (non-hydrogen) atoms. The first kappa shape index (κ1) is 16.3. The second-order valence-corrected chi connectivity index (χ2v) is 5.74. The molecule has 4 heteroatoms. The van der Waals surface area contributed by atoms with E-state index in [9.17, 15) is 0 Å². The second-order valence-electron chi connectivity index (χ2n) is 5.74. The van der Waals surface area contributed by atoms with Crippen molar-refractivity contribution < 1.29 is 0 Å². The van der Waals surface area contributed by atoms with Crippen LogP contribution in [-0.4, -0.2) is 22.1 Å². The first-order chi connectivity index (χ1) is 10.6. The summed E-state index contributed by atoms with van der Waals surface area (Å²) in [5.41, 5.74) is 1.03. The van der Waals surface area contributed by atoms with Gasteiger partial charge in [0.2, 0.25) is 0 Å². The third kappa shape index (κ3) is 4.45. The smallest absolute Gasteiger partial charge is 0.163 e. The molecule has 0 saturated carbocycles. The average Bonchev–Trinajstić information content (AvgIpc) is 2.55. The van der Waals surface area contributed by atoms with Crippen LogP contribution in [0.3, 0.4) is 0 Å². The van der Waals surface area contributed by atoms with Crippen molar-refractivity contribution in [3.05, 3.63) is 36.4 Å². The zero-order valence-electron chi connectivity index (χ0n) is 13.9. The lowest BCUT2D eigenvalue weighted by molar-refractivity contribution is 0.752. The highest BCUT2D eigenvalue weighted by molar-refractivity contribution is 5.61. The predicted octanol–water partition coefficient (Wildman–Crippen LogP) is 4.56. The second kappa shape index (κ2) is 7.78. The van der Waals surface area contributed by atoms with Crippen molar-refractivity contribution in [1.82, 2.24) is 9.97 Å². The van der Waals surface area contributed by atoms with Gasteiger partial charge in [-0.15, -0.1) is 0 Å². The molecule has 2 rings (SSSR count).